The van der Waals surface area contributed by atoms with E-state index >= 15 is 0 Å². The summed E-state index contributed by atoms with van der Waals surface area (Å²) < 4.78 is 42.6. The van der Waals surface area contributed by atoms with E-state index in [2.05, 4.69) is 15.6 Å². The first-order valence-electron chi connectivity index (χ1n) is 12.1. The molecule has 2 saturated heterocycles. The van der Waals surface area contributed by atoms with Crippen molar-refractivity contribution in [2.24, 2.45) is 17.8 Å². The highest BCUT2D eigenvalue weighted by molar-refractivity contribution is 6.01. The molecule has 5 atom stereocenters. The molecule has 36 heavy (non-hydrogen) atoms. The van der Waals surface area contributed by atoms with Crippen LogP contribution >= 0.6 is 0 Å². The summed E-state index contributed by atoms with van der Waals surface area (Å²) in [5.74, 6) is -6.72. The number of nitrogens with zero attached hydrogens (tertiary/aromatic N) is 2. The average molecular weight is 502 g/mol. The summed E-state index contributed by atoms with van der Waals surface area (Å²) >= 11 is 0. The molecule has 1 aromatic heterocycles. The SMILES string of the molecule is N#C[C@H](C[C@@H]1CCCNC1=O)NC(=O)[C@@H]1[C@H]2CC(F)(F)C[C@H]2CN1C(=O)c1cc2c(F)cccc2[nH]1. The van der Waals surface area contributed by atoms with Crippen molar-refractivity contribution in [2.45, 2.75) is 50.1 Å². The van der Waals surface area contributed by atoms with Gasteiger partial charge in [0.1, 0.15) is 23.6 Å². The molecular formula is C25H26F3N5O3. The monoisotopic (exact) mass is 501 g/mol. The minimum absolute atomic E-state index is 0.0444. The van der Waals surface area contributed by atoms with Crippen LogP contribution in [0, 0.1) is 34.9 Å². The van der Waals surface area contributed by atoms with Gasteiger partial charge < -0.3 is 20.5 Å². The Morgan fingerprint density at radius 2 is 2.11 bits per heavy atom. The van der Waals surface area contributed by atoms with Crippen LogP contribution in [-0.4, -0.2) is 58.7 Å². The lowest BCUT2D eigenvalue weighted by molar-refractivity contribution is -0.129. The Morgan fingerprint density at radius 1 is 1.31 bits per heavy atom. The zero-order chi connectivity index (χ0) is 25.6. The summed E-state index contributed by atoms with van der Waals surface area (Å²) in [6.45, 7) is 0.518. The number of benzene rings is 1. The van der Waals surface area contributed by atoms with Crippen LogP contribution in [-0.2, 0) is 9.59 Å². The second-order valence-corrected chi connectivity index (χ2v) is 10.0. The standard InChI is InChI=1S/C25H26F3N5O3/c26-18-4-1-5-19-16(18)8-20(32-19)24(36)33-12-14-9-25(27,28)10-17(14)21(33)23(35)31-15(11-29)7-13-3-2-6-30-22(13)34/h1,4-5,8,13-15,17,21,32H,2-3,6-7,9-10,12H2,(H,30,34)(H,31,35)/t13-,14-,15-,17-,21-/m0/s1. The summed E-state index contributed by atoms with van der Waals surface area (Å²) in [5.41, 5.74) is 0.455. The Morgan fingerprint density at radius 3 is 2.83 bits per heavy atom. The van der Waals surface area contributed by atoms with Crippen LogP contribution in [0.3, 0.4) is 0 Å². The lowest BCUT2D eigenvalue weighted by atomic mass is 9.90. The zero-order valence-electron chi connectivity index (χ0n) is 19.4. The van der Waals surface area contributed by atoms with Gasteiger partial charge in [0.15, 0.2) is 0 Å². The van der Waals surface area contributed by atoms with E-state index in [0.29, 0.717) is 18.5 Å². The molecule has 1 aliphatic carbocycles. The number of halogens is 3. The van der Waals surface area contributed by atoms with Gasteiger partial charge in [0.05, 0.1) is 6.07 Å². The van der Waals surface area contributed by atoms with Crippen molar-refractivity contribution in [2.75, 3.05) is 13.1 Å². The highest BCUT2D eigenvalue weighted by Crippen LogP contribution is 2.50. The molecule has 5 rings (SSSR count). The Bertz CT molecular complexity index is 1260. The van der Waals surface area contributed by atoms with Crippen molar-refractivity contribution in [3.63, 3.8) is 0 Å². The van der Waals surface area contributed by atoms with Gasteiger partial charge in [-0.25, -0.2) is 13.2 Å². The molecule has 3 N–H and O–H groups in total. The Labute approximate surface area is 205 Å². The minimum Gasteiger partial charge on any atom is -0.356 e. The number of rotatable bonds is 5. The number of alkyl halides is 2. The predicted molar refractivity (Wildman–Crippen MR) is 122 cm³/mol. The number of hydrogen-bond donors (Lipinski definition) is 3. The highest BCUT2D eigenvalue weighted by atomic mass is 19.3. The number of aromatic nitrogens is 1. The third kappa shape index (κ3) is 4.40. The van der Waals surface area contributed by atoms with Crippen LogP contribution in [0.15, 0.2) is 24.3 Å². The molecule has 3 amide bonds. The van der Waals surface area contributed by atoms with Crippen LogP contribution < -0.4 is 10.6 Å². The van der Waals surface area contributed by atoms with Crippen LogP contribution in [0.5, 0.6) is 0 Å². The number of H-pyrrole nitrogens is 1. The second-order valence-electron chi connectivity index (χ2n) is 10.0. The largest absolute Gasteiger partial charge is 0.356 e. The molecule has 1 saturated carbocycles. The summed E-state index contributed by atoms with van der Waals surface area (Å²) in [6.07, 6.45) is 0.471. The number of amides is 3. The molecule has 0 radical (unpaired) electrons. The van der Waals surface area contributed by atoms with Gasteiger partial charge in [-0.3, -0.25) is 14.4 Å². The van der Waals surface area contributed by atoms with Crippen molar-refractivity contribution >= 4 is 28.6 Å². The first-order chi connectivity index (χ1) is 17.2. The van der Waals surface area contributed by atoms with Gasteiger partial charge in [-0.2, -0.15) is 5.26 Å². The third-order valence-corrected chi connectivity index (χ3v) is 7.64. The van der Waals surface area contributed by atoms with Gasteiger partial charge in [-0.1, -0.05) is 6.07 Å². The smallest absolute Gasteiger partial charge is 0.271 e. The summed E-state index contributed by atoms with van der Waals surface area (Å²) in [4.78, 5) is 43.0. The topological polar surface area (TPSA) is 118 Å². The molecule has 11 heteroatoms. The van der Waals surface area contributed by atoms with Crippen LogP contribution in [0.25, 0.3) is 10.9 Å². The number of carbonyl (C=O) groups excluding carboxylic acids is 3. The maximum Gasteiger partial charge on any atom is 0.271 e. The highest BCUT2D eigenvalue weighted by Gasteiger charge is 2.58. The molecule has 1 aromatic carbocycles. The average Bonchev–Trinajstić information content (AvgIpc) is 3.49. The van der Waals surface area contributed by atoms with Gasteiger partial charge >= 0.3 is 0 Å². The summed E-state index contributed by atoms with van der Waals surface area (Å²) in [7, 11) is 0. The van der Waals surface area contributed by atoms with Crippen molar-refractivity contribution in [1.29, 1.82) is 5.26 Å². The molecule has 0 bridgehead atoms. The van der Waals surface area contributed by atoms with E-state index in [1.807, 2.05) is 6.07 Å². The first kappa shape index (κ1) is 24.2. The maximum absolute atomic E-state index is 14.2. The van der Waals surface area contributed by atoms with Crippen LogP contribution in [0.2, 0.25) is 0 Å². The molecule has 3 fully saturated rings. The number of hydrogen-bond acceptors (Lipinski definition) is 4. The summed E-state index contributed by atoms with van der Waals surface area (Å²) in [6, 6.07) is 5.49. The number of piperidine rings is 1. The lowest BCUT2D eigenvalue weighted by Crippen LogP contribution is -2.52. The quantitative estimate of drug-likeness (QED) is 0.584. The molecule has 8 nitrogen and oxygen atoms in total. The van der Waals surface area contributed by atoms with Crippen molar-refractivity contribution in [1.82, 2.24) is 20.5 Å². The van der Waals surface area contributed by atoms with Crippen LogP contribution in [0.1, 0.15) is 42.6 Å². The van der Waals surface area contributed by atoms with E-state index in [0.717, 1.165) is 6.42 Å². The number of nitrogens with one attached hydrogen (secondary N) is 3. The number of likely N-dealkylation sites (tertiary alicyclic amines) is 1. The van der Waals surface area contributed by atoms with Crippen molar-refractivity contribution < 1.29 is 27.6 Å². The molecular weight excluding hydrogens is 475 g/mol. The molecule has 3 heterocycles. The fourth-order valence-corrected chi connectivity index (χ4v) is 5.98. The van der Waals surface area contributed by atoms with Gasteiger partial charge in [0.2, 0.25) is 17.7 Å². The van der Waals surface area contributed by atoms with E-state index < -0.39 is 66.2 Å². The third-order valence-electron chi connectivity index (χ3n) is 7.64. The lowest BCUT2D eigenvalue weighted by Gasteiger charge is -2.29. The maximum atomic E-state index is 14.2. The van der Waals surface area contributed by atoms with Gasteiger partial charge in [-0.05, 0) is 49.3 Å². The normalized spacial score (nSPS) is 27.8. The fraction of sp³-hybridized carbons (Fsp3) is 0.520. The Balaban J connectivity index is 1.39. The van der Waals surface area contributed by atoms with E-state index in [4.69, 9.17) is 0 Å². The van der Waals surface area contributed by atoms with Gasteiger partial charge in [-0.15, -0.1) is 0 Å². The van der Waals surface area contributed by atoms with Crippen molar-refractivity contribution in [3.05, 3.63) is 35.8 Å². The van der Waals surface area contributed by atoms with E-state index in [1.54, 1.807) is 6.07 Å². The van der Waals surface area contributed by atoms with Crippen molar-refractivity contribution in [3.8, 4) is 6.07 Å². The number of aromatic amines is 1. The molecule has 0 spiro atoms. The Kier molecular flexibility index (Phi) is 6.14. The molecule has 2 aliphatic heterocycles. The molecule has 190 valence electrons. The molecule has 3 aliphatic rings. The van der Waals surface area contributed by atoms with Gasteiger partial charge in [0.25, 0.3) is 5.91 Å². The first-order valence-corrected chi connectivity index (χ1v) is 12.1. The Hall–Kier alpha value is -3.55. The van der Waals surface area contributed by atoms with E-state index in [1.165, 1.54) is 23.1 Å². The zero-order valence-corrected chi connectivity index (χ0v) is 19.4. The van der Waals surface area contributed by atoms with E-state index in [9.17, 15) is 32.8 Å². The number of nitriles is 1. The number of fused-ring (bicyclic) bond motifs is 2. The molecule has 2 aromatic rings. The second kappa shape index (κ2) is 9.15. The minimum atomic E-state index is -2.94. The fourth-order valence-electron chi connectivity index (χ4n) is 5.98. The van der Waals surface area contributed by atoms with Gasteiger partial charge in [0, 0.05) is 42.8 Å². The predicted octanol–water partition coefficient (Wildman–Crippen LogP) is 2.72. The molecule has 0 unspecified atom stereocenters. The van der Waals surface area contributed by atoms with Crippen LogP contribution in [0.4, 0.5) is 13.2 Å². The summed E-state index contributed by atoms with van der Waals surface area (Å²) in [5, 5.41) is 15.2. The van der Waals surface area contributed by atoms with E-state index in [-0.39, 0.29) is 30.0 Å². The number of carbonyl (C=O) groups is 3.